The van der Waals surface area contributed by atoms with Gasteiger partial charge in [0.05, 0.1) is 4.88 Å². The van der Waals surface area contributed by atoms with Gasteiger partial charge in [-0.15, -0.1) is 11.3 Å². The Balaban J connectivity index is 1.78. The first-order chi connectivity index (χ1) is 9.64. The van der Waals surface area contributed by atoms with E-state index in [2.05, 4.69) is 24.1 Å². The molecule has 0 bridgehead atoms. The number of carbonyl (C=O) groups is 1. The Labute approximate surface area is 122 Å². The van der Waals surface area contributed by atoms with E-state index in [-0.39, 0.29) is 6.10 Å². The van der Waals surface area contributed by atoms with E-state index in [0.717, 1.165) is 29.3 Å². The molecule has 1 N–H and O–H groups in total. The molecule has 5 heteroatoms. The average Bonchev–Trinajstić information content (AvgIpc) is 2.79. The number of fused-ring (bicyclic) bond motifs is 1. The minimum atomic E-state index is 0.205. The van der Waals surface area contributed by atoms with Crippen LogP contribution in [0.15, 0.2) is 18.2 Å². The normalized spacial score (nSPS) is 26.6. The largest absolute Gasteiger partial charge is 0.474 e. The monoisotopic (exact) mass is 290 g/mol. The third kappa shape index (κ3) is 2.83. The van der Waals surface area contributed by atoms with Crippen LogP contribution < -0.4 is 10.1 Å². The fourth-order valence-corrected chi connectivity index (χ4v) is 3.66. The second kappa shape index (κ2) is 5.50. The van der Waals surface area contributed by atoms with Crippen LogP contribution >= 0.6 is 11.3 Å². The lowest BCUT2D eigenvalue weighted by atomic mass is 9.98. The van der Waals surface area contributed by atoms with Crippen molar-refractivity contribution < 1.29 is 9.53 Å². The summed E-state index contributed by atoms with van der Waals surface area (Å²) in [7, 11) is 0. The summed E-state index contributed by atoms with van der Waals surface area (Å²) in [6.07, 6.45) is 3.06. The lowest BCUT2D eigenvalue weighted by Crippen LogP contribution is -2.46. The van der Waals surface area contributed by atoms with Gasteiger partial charge < -0.3 is 10.1 Å². The highest BCUT2D eigenvalue weighted by molar-refractivity contribution is 7.20. The maximum Gasteiger partial charge on any atom is 0.214 e. The molecule has 2 atom stereocenters. The van der Waals surface area contributed by atoms with Crippen LogP contribution in [-0.4, -0.2) is 29.5 Å². The van der Waals surface area contributed by atoms with Crippen molar-refractivity contribution in [3.05, 3.63) is 23.1 Å². The molecule has 4 nitrogen and oxygen atoms in total. The molecule has 1 aliphatic heterocycles. The van der Waals surface area contributed by atoms with E-state index < -0.39 is 0 Å². The fourth-order valence-electron chi connectivity index (χ4n) is 2.82. The molecule has 0 saturated carbocycles. The topological polar surface area (TPSA) is 51.2 Å². The van der Waals surface area contributed by atoms with Gasteiger partial charge in [-0.25, -0.2) is 4.98 Å². The summed E-state index contributed by atoms with van der Waals surface area (Å²) in [6.45, 7) is 4.36. The van der Waals surface area contributed by atoms with Gasteiger partial charge in [0, 0.05) is 23.5 Å². The summed E-state index contributed by atoms with van der Waals surface area (Å²) in [5.41, 5.74) is 0. The summed E-state index contributed by atoms with van der Waals surface area (Å²) in [5, 5.41) is 4.50. The summed E-state index contributed by atoms with van der Waals surface area (Å²) < 4.78 is 6.01. The van der Waals surface area contributed by atoms with Crippen molar-refractivity contribution >= 4 is 27.8 Å². The molecule has 1 saturated heterocycles. The molecule has 106 valence electrons. The number of rotatable bonds is 3. The van der Waals surface area contributed by atoms with Crippen LogP contribution in [0.25, 0.3) is 10.2 Å². The van der Waals surface area contributed by atoms with Crippen molar-refractivity contribution in [1.29, 1.82) is 0 Å². The number of aromatic nitrogens is 1. The van der Waals surface area contributed by atoms with Crippen molar-refractivity contribution in [3.63, 3.8) is 0 Å². The third-order valence-corrected chi connectivity index (χ3v) is 4.55. The highest BCUT2D eigenvalue weighted by Gasteiger charge is 2.24. The predicted octanol–water partition coefficient (Wildman–Crippen LogP) is 3.02. The standard InChI is InChI=1S/C15H18N2O2S/c1-9-5-12(6-10(2)16-9)19-14-4-3-11-7-13(8-18)20-15(11)17-14/h3-4,7-10,12,16H,5-6H2,1-2H3. The van der Waals surface area contributed by atoms with Crippen LogP contribution in [0.2, 0.25) is 0 Å². The van der Waals surface area contributed by atoms with Crippen LogP contribution in [0, 0.1) is 0 Å². The number of thiophene rings is 1. The number of aldehydes is 1. The number of hydrogen-bond acceptors (Lipinski definition) is 5. The first kappa shape index (κ1) is 13.5. The van der Waals surface area contributed by atoms with Gasteiger partial charge in [0.25, 0.3) is 0 Å². The summed E-state index contributed by atoms with van der Waals surface area (Å²) in [6, 6.07) is 6.65. The quantitative estimate of drug-likeness (QED) is 0.883. The maximum atomic E-state index is 10.8. The van der Waals surface area contributed by atoms with Gasteiger partial charge in [0.15, 0.2) is 6.29 Å². The van der Waals surface area contributed by atoms with E-state index >= 15 is 0 Å². The van der Waals surface area contributed by atoms with Crippen molar-refractivity contribution in [2.24, 2.45) is 0 Å². The fraction of sp³-hybridized carbons (Fsp3) is 0.467. The minimum Gasteiger partial charge on any atom is -0.474 e. The molecule has 2 unspecified atom stereocenters. The van der Waals surface area contributed by atoms with Crippen LogP contribution in [0.1, 0.15) is 36.4 Å². The SMILES string of the molecule is CC1CC(Oc2ccc3cc(C=O)sc3n2)CC(C)N1. The number of carbonyl (C=O) groups excluding carboxylic acids is 1. The molecule has 0 amide bonds. The molecule has 2 aromatic rings. The van der Waals surface area contributed by atoms with Crippen LogP contribution in [-0.2, 0) is 0 Å². The van der Waals surface area contributed by atoms with Crippen LogP contribution in [0.4, 0.5) is 0 Å². The highest BCUT2D eigenvalue weighted by Crippen LogP contribution is 2.26. The lowest BCUT2D eigenvalue weighted by molar-refractivity contribution is 0.112. The molecule has 0 spiro atoms. The summed E-state index contributed by atoms with van der Waals surface area (Å²) in [5.74, 6) is 0.656. The molecule has 0 aliphatic carbocycles. The van der Waals surface area contributed by atoms with E-state index in [1.165, 1.54) is 11.3 Å². The van der Waals surface area contributed by atoms with E-state index in [4.69, 9.17) is 4.74 Å². The molecule has 1 fully saturated rings. The van der Waals surface area contributed by atoms with E-state index in [1.54, 1.807) is 0 Å². The molecule has 3 heterocycles. The number of nitrogens with zero attached hydrogens (tertiary/aromatic N) is 1. The molecule has 0 aromatic carbocycles. The van der Waals surface area contributed by atoms with Gasteiger partial charge >= 0.3 is 0 Å². The number of pyridine rings is 1. The predicted molar refractivity (Wildman–Crippen MR) is 80.7 cm³/mol. The van der Waals surface area contributed by atoms with E-state index in [0.29, 0.717) is 22.8 Å². The van der Waals surface area contributed by atoms with E-state index in [1.807, 2.05) is 18.2 Å². The minimum absolute atomic E-state index is 0.205. The lowest BCUT2D eigenvalue weighted by Gasteiger charge is -2.32. The van der Waals surface area contributed by atoms with Gasteiger partial charge in [-0.3, -0.25) is 4.79 Å². The average molecular weight is 290 g/mol. The first-order valence-corrected chi connectivity index (χ1v) is 7.74. The van der Waals surface area contributed by atoms with Crippen molar-refractivity contribution in [1.82, 2.24) is 10.3 Å². The zero-order chi connectivity index (χ0) is 14.1. The Morgan fingerprint density at radius 3 is 2.80 bits per heavy atom. The molecular weight excluding hydrogens is 272 g/mol. The smallest absolute Gasteiger partial charge is 0.214 e. The molecule has 1 aliphatic rings. The summed E-state index contributed by atoms with van der Waals surface area (Å²) >= 11 is 1.40. The molecular formula is C15H18N2O2S. The Kier molecular flexibility index (Phi) is 3.72. The molecule has 3 rings (SSSR count). The Morgan fingerprint density at radius 2 is 2.10 bits per heavy atom. The molecule has 2 aromatic heterocycles. The number of nitrogens with one attached hydrogen (secondary N) is 1. The zero-order valence-corrected chi connectivity index (χ0v) is 12.4. The number of piperidine rings is 1. The highest BCUT2D eigenvalue weighted by atomic mass is 32.1. The summed E-state index contributed by atoms with van der Waals surface area (Å²) in [4.78, 5) is 16.9. The molecule has 20 heavy (non-hydrogen) atoms. The van der Waals surface area contributed by atoms with Gasteiger partial charge in [0.2, 0.25) is 5.88 Å². The first-order valence-electron chi connectivity index (χ1n) is 6.92. The maximum absolute atomic E-state index is 10.8. The van der Waals surface area contributed by atoms with Gasteiger partial charge in [-0.05, 0) is 38.8 Å². The Bertz CT molecular complexity index is 615. The second-order valence-corrected chi connectivity index (χ2v) is 6.55. The third-order valence-electron chi connectivity index (χ3n) is 3.58. The van der Waals surface area contributed by atoms with Crippen molar-refractivity contribution in [2.75, 3.05) is 0 Å². The van der Waals surface area contributed by atoms with Crippen molar-refractivity contribution in [2.45, 2.75) is 44.9 Å². The van der Waals surface area contributed by atoms with Gasteiger partial charge in [-0.2, -0.15) is 0 Å². The Hall–Kier alpha value is -1.46. The number of hydrogen-bond donors (Lipinski definition) is 1. The van der Waals surface area contributed by atoms with Crippen LogP contribution in [0.5, 0.6) is 5.88 Å². The molecule has 0 radical (unpaired) electrons. The number of ether oxygens (including phenoxy) is 1. The van der Waals surface area contributed by atoms with Gasteiger partial charge in [0.1, 0.15) is 10.9 Å². The van der Waals surface area contributed by atoms with Crippen molar-refractivity contribution in [3.8, 4) is 5.88 Å². The zero-order valence-electron chi connectivity index (χ0n) is 11.6. The van der Waals surface area contributed by atoms with Crippen LogP contribution in [0.3, 0.4) is 0 Å². The Morgan fingerprint density at radius 1 is 1.35 bits per heavy atom. The van der Waals surface area contributed by atoms with Gasteiger partial charge in [-0.1, -0.05) is 0 Å². The van der Waals surface area contributed by atoms with E-state index in [9.17, 15) is 4.79 Å². The second-order valence-electron chi connectivity index (χ2n) is 5.49.